The zero-order valence-electron chi connectivity index (χ0n) is 10.9. The van der Waals surface area contributed by atoms with E-state index in [1.54, 1.807) is 13.8 Å². The molecule has 0 saturated heterocycles. The van der Waals surface area contributed by atoms with Crippen LogP contribution in [0.3, 0.4) is 0 Å². The average Bonchev–Trinajstić information content (AvgIpc) is 2.51. The van der Waals surface area contributed by atoms with Crippen molar-refractivity contribution < 1.29 is 9.90 Å². The van der Waals surface area contributed by atoms with Gasteiger partial charge in [-0.25, -0.2) is 0 Å². The molecule has 0 spiro atoms. The number of benzene rings is 1. The van der Waals surface area contributed by atoms with Gasteiger partial charge in [-0.2, -0.15) is 0 Å². The summed E-state index contributed by atoms with van der Waals surface area (Å²) < 4.78 is 2.01. The molecule has 0 aliphatic heterocycles. The predicted molar refractivity (Wildman–Crippen MR) is 73.3 cm³/mol. The van der Waals surface area contributed by atoms with Gasteiger partial charge in [0.2, 0.25) is 0 Å². The molecule has 2 rings (SSSR count). The van der Waals surface area contributed by atoms with Crippen LogP contribution in [0.15, 0.2) is 18.2 Å². The van der Waals surface area contributed by atoms with Crippen LogP contribution in [0.4, 0.5) is 0 Å². The number of carbonyl (C=O) groups is 1. The number of carboxylic acids is 1. The molecule has 18 heavy (non-hydrogen) atoms. The summed E-state index contributed by atoms with van der Waals surface area (Å²) in [4.78, 5) is 11.5. The molecule has 1 aromatic heterocycles. The van der Waals surface area contributed by atoms with Gasteiger partial charge in [0.15, 0.2) is 0 Å². The highest BCUT2D eigenvalue weighted by Gasteiger charge is 2.34. The maximum absolute atomic E-state index is 11.5. The number of nitrogens with zero attached hydrogens (tertiary/aromatic N) is 1. The minimum absolute atomic E-state index is 0.621. The van der Waals surface area contributed by atoms with Crippen molar-refractivity contribution in [1.82, 2.24) is 4.57 Å². The molecule has 3 nitrogen and oxygen atoms in total. The summed E-state index contributed by atoms with van der Waals surface area (Å²) >= 11 is 6.03. The molecule has 1 aromatic carbocycles. The van der Waals surface area contributed by atoms with Crippen molar-refractivity contribution in [3.05, 3.63) is 34.5 Å². The number of hydrogen-bond donors (Lipinski definition) is 1. The minimum Gasteiger partial charge on any atom is -0.481 e. The number of rotatable bonds is 2. The second-order valence-electron chi connectivity index (χ2n) is 5.11. The summed E-state index contributed by atoms with van der Waals surface area (Å²) in [6.07, 6.45) is 0. The van der Waals surface area contributed by atoms with Crippen LogP contribution in [0, 0.1) is 6.92 Å². The molecule has 0 fully saturated rings. The van der Waals surface area contributed by atoms with Crippen molar-refractivity contribution in [2.75, 3.05) is 0 Å². The number of aryl methyl sites for hydroxylation is 1. The number of carboxylic acid groups (broad SMARTS) is 1. The van der Waals surface area contributed by atoms with Crippen LogP contribution in [0.5, 0.6) is 0 Å². The monoisotopic (exact) mass is 265 g/mol. The molecule has 0 unspecified atom stereocenters. The van der Waals surface area contributed by atoms with Crippen LogP contribution in [-0.2, 0) is 17.3 Å². The van der Waals surface area contributed by atoms with E-state index < -0.39 is 11.4 Å². The van der Waals surface area contributed by atoms with E-state index in [0.29, 0.717) is 5.02 Å². The fourth-order valence-corrected chi connectivity index (χ4v) is 2.61. The Kier molecular flexibility index (Phi) is 2.90. The third kappa shape index (κ3) is 1.70. The van der Waals surface area contributed by atoms with Crippen LogP contribution in [-0.4, -0.2) is 15.6 Å². The van der Waals surface area contributed by atoms with Crippen LogP contribution in [0.25, 0.3) is 10.9 Å². The van der Waals surface area contributed by atoms with Crippen LogP contribution >= 0.6 is 11.6 Å². The SMILES string of the molecule is Cc1c(C(C)(C)C(=O)O)c2cc(Cl)ccc2n1C. The minimum atomic E-state index is -0.936. The van der Waals surface area contributed by atoms with Crippen molar-refractivity contribution >= 4 is 28.5 Å². The fraction of sp³-hybridized carbons (Fsp3) is 0.357. The first-order chi connectivity index (χ1) is 8.26. The second-order valence-corrected chi connectivity index (χ2v) is 5.55. The number of aromatic nitrogens is 1. The third-order valence-corrected chi connectivity index (χ3v) is 3.85. The maximum Gasteiger partial charge on any atom is 0.313 e. The van der Waals surface area contributed by atoms with Gasteiger partial charge in [0.25, 0.3) is 0 Å². The van der Waals surface area contributed by atoms with Crippen LogP contribution in [0.2, 0.25) is 5.02 Å². The normalized spacial score (nSPS) is 12.1. The van der Waals surface area contributed by atoms with E-state index in [2.05, 4.69) is 0 Å². The van der Waals surface area contributed by atoms with Crippen molar-refractivity contribution in [2.24, 2.45) is 7.05 Å². The van der Waals surface area contributed by atoms with Gasteiger partial charge >= 0.3 is 5.97 Å². The molecule has 96 valence electrons. The standard InChI is InChI=1S/C14H16ClNO2/c1-8-12(14(2,3)13(17)18)10-7-9(15)5-6-11(10)16(8)4/h5-7H,1-4H3,(H,17,18). The highest BCUT2D eigenvalue weighted by atomic mass is 35.5. The lowest BCUT2D eigenvalue weighted by atomic mass is 9.83. The molecular weight excluding hydrogens is 250 g/mol. The van der Waals surface area contributed by atoms with Gasteiger partial charge in [0.1, 0.15) is 0 Å². The van der Waals surface area contributed by atoms with Gasteiger partial charge in [0.05, 0.1) is 5.41 Å². The Hall–Kier alpha value is -1.48. The molecular formula is C14H16ClNO2. The van der Waals surface area contributed by atoms with Gasteiger partial charge in [-0.1, -0.05) is 11.6 Å². The lowest BCUT2D eigenvalue weighted by Gasteiger charge is -2.20. The van der Waals surface area contributed by atoms with Crippen molar-refractivity contribution in [2.45, 2.75) is 26.2 Å². The van der Waals surface area contributed by atoms with Gasteiger partial charge < -0.3 is 9.67 Å². The zero-order chi connectivity index (χ0) is 13.7. The van der Waals surface area contributed by atoms with E-state index in [4.69, 9.17) is 11.6 Å². The number of fused-ring (bicyclic) bond motifs is 1. The Bertz CT molecular complexity index is 641. The highest BCUT2D eigenvalue weighted by molar-refractivity contribution is 6.31. The van der Waals surface area contributed by atoms with E-state index in [1.165, 1.54) is 0 Å². The molecule has 0 amide bonds. The largest absolute Gasteiger partial charge is 0.481 e. The third-order valence-electron chi connectivity index (χ3n) is 3.61. The maximum atomic E-state index is 11.5. The Morgan fingerprint density at radius 2 is 2.00 bits per heavy atom. The van der Waals surface area contributed by atoms with Crippen molar-refractivity contribution in [3.63, 3.8) is 0 Å². The molecule has 1 heterocycles. The van der Waals surface area contributed by atoms with Gasteiger partial charge in [0, 0.05) is 28.7 Å². The summed E-state index contributed by atoms with van der Waals surface area (Å²) in [6.45, 7) is 5.38. The van der Waals surface area contributed by atoms with Crippen LogP contribution in [0.1, 0.15) is 25.1 Å². The number of halogens is 1. The van der Waals surface area contributed by atoms with Gasteiger partial charge in [-0.15, -0.1) is 0 Å². The lowest BCUT2D eigenvalue weighted by molar-refractivity contribution is -0.142. The first-order valence-corrected chi connectivity index (χ1v) is 6.13. The van der Waals surface area contributed by atoms with E-state index in [0.717, 1.165) is 22.2 Å². The molecule has 0 aliphatic carbocycles. The highest BCUT2D eigenvalue weighted by Crippen LogP contribution is 2.36. The topological polar surface area (TPSA) is 42.2 Å². The quantitative estimate of drug-likeness (QED) is 0.903. The Morgan fingerprint density at radius 3 is 2.56 bits per heavy atom. The molecule has 0 radical (unpaired) electrons. The fourth-order valence-electron chi connectivity index (χ4n) is 2.44. The van der Waals surface area contributed by atoms with Gasteiger partial charge in [-0.3, -0.25) is 4.79 Å². The van der Waals surface area contributed by atoms with Crippen molar-refractivity contribution in [1.29, 1.82) is 0 Å². The first kappa shape index (κ1) is 13.0. The summed E-state index contributed by atoms with van der Waals surface area (Å²) in [5.74, 6) is -0.835. The number of hydrogen-bond acceptors (Lipinski definition) is 1. The van der Waals surface area contributed by atoms with Crippen molar-refractivity contribution in [3.8, 4) is 0 Å². The summed E-state index contributed by atoms with van der Waals surface area (Å²) in [5.41, 5.74) is 1.85. The average molecular weight is 266 g/mol. The molecule has 0 aliphatic rings. The van der Waals surface area contributed by atoms with Crippen LogP contribution < -0.4 is 0 Å². The molecule has 0 bridgehead atoms. The zero-order valence-corrected chi connectivity index (χ0v) is 11.7. The number of aliphatic carboxylic acids is 1. The molecule has 0 saturated carbocycles. The summed E-state index contributed by atoms with van der Waals surface area (Å²) in [5, 5.41) is 10.9. The first-order valence-electron chi connectivity index (χ1n) is 5.75. The van der Waals surface area contributed by atoms with Gasteiger partial charge in [-0.05, 0) is 44.5 Å². The lowest BCUT2D eigenvalue weighted by Crippen LogP contribution is -2.29. The molecule has 4 heteroatoms. The Labute approximate surface area is 111 Å². The van der Waals surface area contributed by atoms with E-state index >= 15 is 0 Å². The molecule has 1 N–H and O–H groups in total. The molecule has 0 atom stereocenters. The van der Waals surface area contributed by atoms with E-state index in [1.807, 2.05) is 36.7 Å². The summed E-state index contributed by atoms with van der Waals surface area (Å²) in [6, 6.07) is 5.58. The Balaban J connectivity index is 2.90. The van der Waals surface area contributed by atoms with E-state index in [9.17, 15) is 9.90 Å². The smallest absolute Gasteiger partial charge is 0.313 e. The summed E-state index contributed by atoms with van der Waals surface area (Å²) in [7, 11) is 1.94. The Morgan fingerprint density at radius 1 is 1.39 bits per heavy atom. The second kappa shape index (κ2) is 4.02. The van der Waals surface area contributed by atoms with E-state index in [-0.39, 0.29) is 0 Å². The molecule has 2 aromatic rings. The predicted octanol–water partition coefficient (Wildman–Crippen LogP) is 3.50.